The van der Waals surface area contributed by atoms with Gasteiger partial charge in [0.2, 0.25) is 0 Å². The molecule has 2 aromatic rings. The van der Waals surface area contributed by atoms with E-state index < -0.39 is 11.6 Å². The average Bonchev–Trinajstić information content (AvgIpc) is 2.66. The highest BCUT2D eigenvalue weighted by atomic mass is 35.5. The Morgan fingerprint density at radius 3 is 2.52 bits per heavy atom. The van der Waals surface area contributed by atoms with Gasteiger partial charge in [-0.25, -0.2) is 8.78 Å². The van der Waals surface area contributed by atoms with Crippen molar-refractivity contribution in [3.05, 3.63) is 63.7 Å². The van der Waals surface area contributed by atoms with Crippen LogP contribution in [0.3, 0.4) is 0 Å². The monoisotopic (exact) mass is 306 g/mol. The first-order valence-electron chi connectivity index (χ1n) is 6.62. The summed E-state index contributed by atoms with van der Waals surface area (Å²) in [7, 11) is 0. The van der Waals surface area contributed by atoms with E-state index in [9.17, 15) is 8.78 Å². The molecule has 0 aromatic heterocycles. The van der Waals surface area contributed by atoms with Gasteiger partial charge in [-0.15, -0.1) is 0 Å². The van der Waals surface area contributed by atoms with Gasteiger partial charge in [-0.2, -0.15) is 0 Å². The number of hydrogen-bond acceptors (Lipinski definition) is 2. The van der Waals surface area contributed by atoms with Gasteiger partial charge in [0.15, 0.2) is 0 Å². The number of nitrogens with zero attached hydrogens (tertiary/aromatic N) is 1. The Bertz CT molecular complexity index is 721. The molecule has 1 aliphatic rings. The van der Waals surface area contributed by atoms with E-state index in [0.717, 1.165) is 11.3 Å². The highest BCUT2D eigenvalue weighted by Gasteiger charge is 2.24. The summed E-state index contributed by atoms with van der Waals surface area (Å²) in [6.07, 6.45) is 0. The zero-order chi connectivity index (χ0) is 15.0. The molecule has 0 saturated heterocycles. The van der Waals surface area contributed by atoms with Crippen LogP contribution in [-0.2, 0) is 0 Å². The molecular weight excluding hydrogens is 294 g/mol. The van der Waals surface area contributed by atoms with Crippen molar-refractivity contribution >= 4 is 23.0 Å². The molecule has 0 saturated carbocycles. The first kappa shape index (κ1) is 14.0. The molecule has 0 atom stereocenters. The van der Waals surface area contributed by atoms with E-state index in [2.05, 4.69) is 10.3 Å². The van der Waals surface area contributed by atoms with E-state index in [1.54, 1.807) is 0 Å². The lowest BCUT2D eigenvalue weighted by atomic mass is 9.97. The molecule has 108 valence electrons. The summed E-state index contributed by atoms with van der Waals surface area (Å²) in [6, 6.07) is 7.51. The molecule has 0 spiro atoms. The number of benzodiazepines with no additional fused rings is 1. The fourth-order valence-electron chi connectivity index (χ4n) is 2.42. The predicted octanol–water partition coefficient (Wildman–Crippen LogP) is 4.19. The summed E-state index contributed by atoms with van der Waals surface area (Å²) in [5, 5.41) is 3.65. The van der Waals surface area contributed by atoms with Crippen LogP contribution in [0.4, 0.5) is 14.5 Å². The largest absolute Gasteiger partial charge is 0.383 e. The Morgan fingerprint density at radius 1 is 1.10 bits per heavy atom. The fourth-order valence-corrected chi connectivity index (χ4v) is 2.68. The van der Waals surface area contributed by atoms with Crippen molar-refractivity contribution in [1.82, 2.24) is 0 Å². The van der Waals surface area contributed by atoms with Crippen molar-refractivity contribution in [3.8, 4) is 0 Å². The van der Waals surface area contributed by atoms with Crippen LogP contribution >= 0.6 is 11.6 Å². The van der Waals surface area contributed by atoms with E-state index in [-0.39, 0.29) is 11.3 Å². The summed E-state index contributed by atoms with van der Waals surface area (Å²) >= 11 is 6.37. The Morgan fingerprint density at radius 2 is 1.81 bits per heavy atom. The number of nitrogens with one attached hydrogen (secondary N) is 1. The molecule has 1 aliphatic heterocycles. The molecule has 1 N–H and O–H groups in total. The maximum Gasteiger partial charge on any atom is 0.135 e. The molecular formula is C16H13ClF2N2. The van der Waals surface area contributed by atoms with Crippen LogP contribution in [0.2, 0.25) is 5.02 Å². The number of aliphatic imine (C=N–C) groups is 1. The van der Waals surface area contributed by atoms with Crippen LogP contribution in [0, 0.1) is 18.6 Å². The van der Waals surface area contributed by atoms with Gasteiger partial charge in [-0.3, -0.25) is 4.99 Å². The number of rotatable bonds is 1. The third kappa shape index (κ3) is 2.40. The van der Waals surface area contributed by atoms with Gasteiger partial charge in [-0.05, 0) is 30.7 Å². The highest BCUT2D eigenvalue weighted by Crippen LogP contribution is 2.33. The quantitative estimate of drug-likeness (QED) is 0.839. The Labute approximate surface area is 126 Å². The molecule has 0 amide bonds. The SMILES string of the molecule is Cc1ccc2c(c1Cl)C(c1c(F)cccc1F)=NCCN2. The van der Waals surface area contributed by atoms with Gasteiger partial charge in [0.25, 0.3) is 0 Å². The molecule has 2 aromatic carbocycles. The summed E-state index contributed by atoms with van der Waals surface area (Å²) in [6.45, 7) is 2.86. The van der Waals surface area contributed by atoms with Crippen molar-refractivity contribution < 1.29 is 8.78 Å². The van der Waals surface area contributed by atoms with Crippen LogP contribution in [0.5, 0.6) is 0 Å². The lowest BCUT2D eigenvalue weighted by Gasteiger charge is -2.15. The number of hydrogen-bond donors (Lipinski definition) is 1. The first-order valence-corrected chi connectivity index (χ1v) is 6.99. The number of anilines is 1. The van der Waals surface area contributed by atoms with Gasteiger partial charge in [0, 0.05) is 17.8 Å². The lowest BCUT2D eigenvalue weighted by Crippen LogP contribution is -2.11. The normalized spacial score (nSPS) is 14.0. The molecule has 1 heterocycles. The van der Waals surface area contributed by atoms with E-state index in [0.29, 0.717) is 23.7 Å². The zero-order valence-electron chi connectivity index (χ0n) is 11.4. The first-order chi connectivity index (χ1) is 10.1. The van der Waals surface area contributed by atoms with Gasteiger partial charge in [0.05, 0.1) is 22.8 Å². The minimum absolute atomic E-state index is 0.130. The molecule has 2 nitrogen and oxygen atoms in total. The maximum absolute atomic E-state index is 14.1. The van der Waals surface area contributed by atoms with Crippen LogP contribution in [-0.4, -0.2) is 18.8 Å². The molecule has 0 bridgehead atoms. The molecule has 0 fully saturated rings. The summed E-state index contributed by atoms with van der Waals surface area (Å²) in [5.74, 6) is -1.28. The van der Waals surface area contributed by atoms with Gasteiger partial charge < -0.3 is 5.32 Å². The molecule has 21 heavy (non-hydrogen) atoms. The lowest BCUT2D eigenvalue weighted by molar-refractivity contribution is 0.579. The van der Waals surface area contributed by atoms with Crippen LogP contribution in [0.25, 0.3) is 0 Å². The molecule has 0 radical (unpaired) electrons. The van der Waals surface area contributed by atoms with Gasteiger partial charge in [0.1, 0.15) is 11.6 Å². The summed E-state index contributed by atoms with van der Waals surface area (Å²) < 4.78 is 28.2. The van der Waals surface area contributed by atoms with Crippen molar-refractivity contribution in [1.29, 1.82) is 0 Å². The van der Waals surface area contributed by atoms with Crippen LogP contribution in [0.1, 0.15) is 16.7 Å². The van der Waals surface area contributed by atoms with Crippen LogP contribution < -0.4 is 5.32 Å². The number of fused-ring (bicyclic) bond motifs is 1. The second-order valence-electron chi connectivity index (χ2n) is 4.87. The maximum atomic E-state index is 14.1. The van der Waals surface area contributed by atoms with Gasteiger partial charge in [-0.1, -0.05) is 23.7 Å². The Kier molecular flexibility index (Phi) is 3.64. The topological polar surface area (TPSA) is 24.4 Å². The molecule has 0 aliphatic carbocycles. The van der Waals surface area contributed by atoms with E-state index in [1.807, 2.05) is 19.1 Å². The molecule has 0 unspecified atom stereocenters. The van der Waals surface area contributed by atoms with Crippen molar-refractivity contribution in [3.63, 3.8) is 0 Å². The third-order valence-corrected chi connectivity index (χ3v) is 3.96. The molecule has 3 rings (SSSR count). The van der Waals surface area contributed by atoms with E-state index in [4.69, 9.17) is 11.6 Å². The zero-order valence-corrected chi connectivity index (χ0v) is 12.1. The van der Waals surface area contributed by atoms with E-state index in [1.165, 1.54) is 18.2 Å². The smallest absolute Gasteiger partial charge is 0.135 e. The standard InChI is InChI=1S/C16H13ClF2N2/c1-9-5-6-12-14(15(9)17)16(21-8-7-20-12)13-10(18)3-2-4-11(13)19/h2-6,20H,7-8H2,1H3. The second kappa shape index (κ2) is 5.45. The number of benzene rings is 2. The fraction of sp³-hybridized carbons (Fsp3) is 0.188. The van der Waals surface area contributed by atoms with Crippen molar-refractivity contribution in [2.45, 2.75) is 6.92 Å². The highest BCUT2D eigenvalue weighted by molar-refractivity contribution is 6.37. The second-order valence-corrected chi connectivity index (χ2v) is 5.25. The minimum atomic E-state index is -0.640. The third-order valence-electron chi connectivity index (χ3n) is 3.47. The average molecular weight is 307 g/mol. The number of aryl methyl sites for hydroxylation is 1. The predicted molar refractivity (Wildman–Crippen MR) is 81.5 cm³/mol. The Balaban J connectivity index is 2.31. The Hall–Kier alpha value is -1.94. The van der Waals surface area contributed by atoms with E-state index >= 15 is 0 Å². The minimum Gasteiger partial charge on any atom is -0.383 e. The van der Waals surface area contributed by atoms with Gasteiger partial charge >= 0.3 is 0 Å². The van der Waals surface area contributed by atoms with Crippen molar-refractivity contribution in [2.75, 3.05) is 18.4 Å². The van der Waals surface area contributed by atoms with Crippen molar-refractivity contribution in [2.24, 2.45) is 4.99 Å². The number of halogens is 3. The summed E-state index contributed by atoms with van der Waals surface area (Å²) in [5.41, 5.74) is 2.26. The molecule has 5 heteroatoms. The van der Waals surface area contributed by atoms with Crippen LogP contribution in [0.15, 0.2) is 35.3 Å². The summed E-state index contributed by atoms with van der Waals surface area (Å²) in [4.78, 5) is 4.35.